The van der Waals surface area contributed by atoms with Gasteiger partial charge in [-0.2, -0.15) is 5.10 Å². The van der Waals surface area contributed by atoms with Gasteiger partial charge in [-0.05, 0) is 61.0 Å². The number of methoxy groups -OCH3 is 1. The van der Waals surface area contributed by atoms with Crippen LogP contribution >= 0.6 is 0 Å². The third-order valence-corrected chi connectivity index (χ3v) is 4.64. The lowest BCUT2D eigenvalue weighted by molar-refractivity contribution is -0.136. The molecule has 0 saturated carbocycles. The summed E-state index contributed by atoms with van der Waals surface area (Å²) in [6.45, 7) is 1.93. The molecule has 0 aromatic heterocycles. The second kappa shape index (κ2) is 10.6. The highest BCUT2D eigenvalue weighted by atomic mass is 16.5. The molecule has 0 heterocycles. The molecule has 2 amide bonds. The van der Waals surface area contributed by atoms with E-state index in [4.69, 9.17) is 4.74 Å². The van der Waals surface area contributed by atoms with Crippen molar-refractivity contribution in [2.24, 2.45) is 5.10 Å². The summed E-state index contributed by atoms with van der Waals surface area (Å²) >= 11 is 0. The van der Waals surface area contributed by atoms with Crippen molar-refractivity contribution in [1.82, 2.24) is 5.43 Å². The molecule has 168 valence electrons. The van der Waals surface area contributed by atoms with E-state index in [0.717, 1.165) is 11.3 Å². The number of nitrogens with one attached hydrogen (secondary N) is 3. The number of hydrazone groups is 1. The van der Waals surface area contributed by atoms with Crippen LogP contribution in [0.5, 0.6) is 5.75 Å². The summed E-state index contributed by atoms with van der Waals surface area (Å²) in [4.78, 5) is 35.5. The normalized spacial score (nSPS) is 10.5. The Kier molecular flexibility index (Phi) is 7.38. The van der Waals surface area contributed by atoms with Crippen LogP contribution in [0.2, 0.25) is 0 Å². The number of carboxylic acids is 1. The highest BCUT2D eigenvalue weighted by Gasteiger charge is 2.13. The van der Waals surface area contributed by atoms with Gasteiger partial charge in [0.15, 0.2) is 0 Å². The van der Waals surface area contributed by atoms with Crippen LogP contribution in [0, 0.1) is 6.92 Å². The van der Waals surface area contributed by atoms with Crippen molar-refractivity contribution in [2.75, 3.05) is 17.7 Å². The average Bonchev–Trinajstić information content (AvgIpc) is 2.81. The molecule has 0 saturated heterocycles. The first-order valence-electron chi connectivity index (χ1n) is 9.86. The summed E-state index contributed by atoms with van der Waals surface area (Å²) in [5, 5.41) is 18.8. The monoisotopic (exact) mass is 446 g/mol. The van der Waals surface area contributed by atoms with Crippen LogP contribution in [0.25, 0.3) is 0 Å². The Hall–Kier alpha value is -4.66. The molecule has 0 fully saturated rings. The summed E-state index contributed by atoms with van der Waals surface area (Å²) in [7, 11) is 1.52. The van der Waals surface area contributed by atoms with Crippen molar-refractivity contribution in [3.8, 4) is 5.75 Å². The maximum atomic E-state index is 12.1. The van der Waals surface area contributed by atoms with Gasteiger partial charge in [-0.1, -0.05) is 18.2 Å². The minimum absolute atomic E-state index is 0.0513. The van der Waals surface area contributed by atoms with Crippen LogP contribution in [-0.4, -0.2) is 36.2 Å². The molecule has 33 heavy (non-hydrogen) atoms. The highest BCUT2D eigenvalue weighted by Crippen LogP contribution is 2.23. The topological polar surface area (TPSA) is 129 Å². The van der Waals surface area contributed by atoms with Gasteiger partial charge < -0.3 is 20.5 Å². The van der Waals surface area contributed by atoms with E-state index in [1.54, 1.807) is 30.3 Å². The van der Waals surface area contributed by atoms with Crippen LogP contribution in [-0.2, 0) is 9.59 Å². The molecular weight excluding hydrogens is 424 g/mol. The molecule has 4 N–H and O–H groups in total. The van der Waals surface area contributed by atoms with Crippen molar-refractivity contribution in [3.63, 3.8) is 0 Å². The van der Waals surface area contributed by atoms with E-state index in [1.165, 1.54) is 25.5 Å². The van der Waals surface area contributed by atoms with E-state index in [1.807, 2.05) is 31.2 Å². The quantitative estimate of drug-likeness (QED) is 0.250. The molecule has 0 spiro atoms. The van der Waals surface area contributed by atoms with Gasteiger partial charge in [-0.25, -0.2) is 10.2 Å². The van der Waals surface area contributed by atoms with Crippen molar-refractivity contribution in [1.29, 1.82) is 0 Å². The number of hydrogen-bond donors (Lipinski definition) is 4. The molecule has 3 rings (SSSR count). The molecule has 0 radical (unpaired) electrons. The Bertz CT molecular complexity index is 1210. The van der Waals surface area contributed by atoms with Crippen molar-refractivity contribution < 1.29 is 24.2 Å². The minimum atomic E-state index is -1.10. The lowest BCUT2D eigenvalue weighted by Crippen LogP contribution is -2.32. The number of rotatable bonds is 7. The SMILES string of the molecule is COc1ccc(NC(=O)C(=O)N/N=C\c2cc(C(=O)O)ccc2Nc2ccccc2C)cc1. The molecule has 0 aliphatic heterocycles. The fourth-order valence-corrected chi connectivity index (χ4v) is 2.85. The highest BCUT2D eigenvalue weighted by molar-refractivity contribution is 6.39. The molecule has 0 unspecified atom stereocenters. The number of anilines is 3. The number of carbonyl (C=O) groups excluding carboxylic acids is 2. The number of amides is 2. The maximum absolute atomic E-state index is 12.1. The predicted molar refractivity (Wildman–Crippen MR) is 125 cm³/mol. The first-order valence-corrected chi connectivity index (χ1v) is 9.86. The summed E-state index contributed by atoms with van der Waals surface area (Å²) < 4.78 is 5.04. The van der Waals surface area contributed by atoms with E-state index in [9.17, 15) is 19.5 Å². The van der Waals surface area contributed by atoms with Crippen LogP contribution in [0.4, 0.5) is 17.1 Å². The van der Waals surface area contributed by atoms with E-state index in [2.05, 4.69) is 21.2 Å². The largest absolute Gasteiger partial charge is 0.497 e. The first-order chi connectivity index (χ1) is 15.9. The smallest absolute Gasteiger partial charge is 0.335 e. The molecule has 3 aromatic rings. The van der Waals surface area contributed by atoms with Gasteiger partial charge in [0.05, 0.1) is 18.9 Å². The maximum Gasteiger partial charge on any atom is 0.335 e. The first kappa shape index (κ1) is 23.0. The van der Waals surface area contributed by atoms with Crippen molar-refractivity contribution >= 4 is 41.1 Å². The molecule has 0 aliphatic rings. The zero-order chi connectivity index (χ0) is 23.8. The minimum Gasteiger partial charge on any atom is -0.497 e. The average molecular weight is 446 g/mol. The zero-order valence-electron chi connectivity index (χ0n) is 18.0. The number of hydrogen-bond acceptors (Lipinski definition) is 6. The Balaban J connectivity index is 1.72. The van der Waals surface area contributed by atoms with E-state index in [-0.39, 0.29) is 5.56 Å². The molecule has 0 bridgehead atoms. The van der Waals surface area contributed by atoms with E-state index < -0.39 is 17.8 Å². The van der Waals surface area contributed by atoms with Gasteiger partial charge in [-0.3, -0.25) is 9.59 Å². The summed E-state index contributed by atoms with van der Waals surface area (Å²) in [6, 6.07) is 18.5. The number of aryl methyl sites for hydroxylation is 1. The number of para-hydroxylation sites is 1. The summed E-state index contributed by atoms with van der Waals surface area (Å²) in [5.41, 5.74) is 5.42. The summed E-state index contributed by atoms with van der Waals surface area (Å²) in [5.74, 6) is -2.38. The second-order valence-corrected chi connectivity index (χ2v) is 6.93. The summed E-state index contributed by atoms with van der Waals surface area (Å²) in [6.07, 6.45) is 1.27. The second-order valence-electron chi connectivity index (χ2n) is 6.93. The van der Waals surface area contributed by atoms with E-state index in [0.29, 0.717) is 22.7 Å². The van der Waals surface area contributed by atoms with Crippen molar-refractivity contribution in [3.05, 3.63) is 83.4 Å². The molecule has 0 atom stereocenters. The van der Waals surface area contributed by atoms with Crippen LogP contribution in [0.1, 0.15) is 21.5 Å². The third-order valence-electron chi connectivity index (χ3n) is 4.64. The van der Waals surface area contributed by atoms with Gasteiger partial charge in [0.25, 0.3) is 0 Å². The lowest BCUT2D eigenvalue weighted by atomic mass is 10.1. The standard InChI is InChI=1S/C24H22N4O5/c1-15-5-3-4-6-20(15)27-21-12-7-16(24(31)32)13-17(21)14-25-28-23(30)22(29)26-18-8-10-19(33-2)11-9-18/h3-14,27H,1-2H3,(H,26,29)(H,28,30)(H,31,32)/b25-14-. The fourth-order valence-electron chi connectivity index (χ4n) is 2.85. The zero-order valence-corrected chi connectivity index (χ0v) is 18.0. The van der Waals surface area contributed by atoms with Crippen LogP contribution in [0.15, 0.2) is 71.8 Å². The number of nitrogens with zero attached hydrogens (tertiary/aromatic N) is 1. The Morgan fingerprint density at radius 2 is 1.67 bits per heavy atom. The number of carboxylic acid groups (broad SMARTS) is 1. The Labute approximate surface area is 190 Å². The molecule has 0 aliphatic carbocycles. The lowest BCUT2D eigenvalue weighted by Gasteiger charge is -2.12. The number of aromatic carboxylic acids is 1. The Morgan fingerprint density at radius 1 is 0.939 bits per heavy atom. The van der Waals surface area contributed by atoms with Crippen molar-refractivity contribution in [2.45, 2.75) is 6.92 Å². The Morgan fingerprint density at radius 3 is 2.33 bits per heavy atom. The van der Waals surface area contributed by atoms with Gasteiger partial charge in [0.2, 0.25) is 0 Å². The van der Waals surface area contributed by atoms with Gasteiger partial charge in [-0.15, -0.1) is 0 Å². The van der Waals surface area contributed by atoms with Gasteiger partial charge in [0.1, 0.15) is 5.75 Å². The number of benzene rings is 3. The van der Waals surface area contributed by atoms with Crippen LogP contribution < -0.4 is 20.8 Å². The third kappa shape index (κ3) is 6.17. The molecule has 9 nitrogen and oxygen atoms in total. The fraction of sp³-hybridized carbons (Fsp3) is 0.0833. The van der Waals surface area contributed by atoms with Gasteiger partial charge in [0, 0.05) is 22.6 Å². The van der Waals surface area contributed by atoms with Crippen LogP contribution in [0.3, 0.4) is 0 Å². The van der Waals surface area contributed by atoms with E-state index >= 15 is 0 Å². The molecule has 3 aromatic carbocycles. The van der Waals surface area contributed by atoms with Gasteiger partial charge >= 0.3 is 17.8 Å². The molecule has 9 heteroatoms. The number of ether oxygens (including phenoxy) is 1. The number of carbonyl (C=O) groups is 3. The predicted octanol–water partition coefficient (Wildman–Crippen LogP) is 3.53. The molecular formula is C24H22N4O5.